The van der Waals surface area contributed by atoms with Crippen molar-refractivity contribution in [1.29, 1.82) is 0 Å². The Morgan fingerprint density at radius 2 is 1.47 bits per heavy atom. The zero-order chi connectivity index (χ0) is 31.0. The van der Waals surface area contributed by atoms with E-state index >= 15 is 0 Å². The minimum absolute atomic E-state index is 0.0132. The number of methoxy groups -OCH3 is 1. The van der Waals surface area contributed by atoms with E-state index in [0.29, 0.717) is 11.4 Å². The summed E-state index contributed by atoms with van der Waals surface area (Å²) in [6.07, 6.45) is 0.258. The number of nitrogens with one attached hydrogen (secondary N) is 1. The van der Waals surface area contributed by atoms with Crippen LogP contribution in [0.4, 0.5) is 5.69 Å². The quantitative estimate of drug-likeness (QED) is 0.250. The smallest absolute Gasteiger partial charge is 0.264 e. The molecule has 0 saturated carbocycles. The zero-order valence-electron chi connectivity index (χ0n) is 24.9. The van der Waals surface area contributed by atoms with E-state index in [9.17, 15) is 18.0 Å². The van der Waals surface area contributed by atoms with E-state index in [-0.39, 0.29) is 23.8 Å². The maximum atomic E-state index is 14.4. The van der Waals surface area contributed by atoms with Gasteiger partial charge in [-0.05, 0) is 66.9 Å². The SMILES string of the molecule is CNC(=O)[C@H](Cc1ccccc1)N(Cc1ccccc1C)C(=O)CN(c1ccc(C)cc1)S(=O)(=O)c1ccc(OC)cc1. The van der Waals surface area contributed by atoms with Gasteiger partial charge in [-0.25, -0.2) is 8.42 Å². The summed E-state index contributed by atoms with van der Waals surface area (Å²) in [5.41, 5.74) is 3.97. The molecule has 0 heterocycles. The van der Waals surface area contributed by atoms with Crippen LogP contribution in [0.3, 0.4) is 0 Å². The van der Waals surface area contributed by atoms with Crippen molar-refractivity contribution >= 4 is 27.5 Å². The molecule has 0 fully saturated rings. The van der Waals surface area contributed by atoms with Crippen LogP contribution in [0.15, 0.2) is 108 Å². The van der Waals surface area contributed by atoms with Gasteiger partial charge in [0.15, 0.2) is 0 Å². The Kier molecular flexibility index (Phi) is 10.2. The van der Waals surface area contributed by atoms with Gasteiger partial charge in [-0.3, -0.25) is 13.9 Å². The van der Waals surface area contributed by atoms with Crippen LogP contribution < -0.4 is 14.4 Å². The van der Waals surface area contributed by atoms with Crippen LogP contribution in [0, 0.1) is 13.8 Å². The molecule has 4 rings (SSSR count). The normalized spacial score (nSPS) is 11.8. The fourth-order valence-electron chi connectivity index (χ4n) is 4.81. The summed E-state index contributed by atoms with van der Waals surface area (Å²) in [5.74, 6) is -0.341. The number of amides is 2. The monoisotopic (exact) mass is 599 g/mol. The first-order valence-corrected chi connectivity index (χ1v) is 15.4. The van der Waals surface area contributed by atoms with Crippen molar-refractivity contribution in [3.05, 3.63) is 125 Å². The molecule has 0 aromatic heterocycles. The molecule has 0 aliphatic heterocycles. The number of aryl methyl sites for hydroxylation is 2. The Hall–Kier alpha value is -4.63. The number of carbonyl (C=O) groups excluding carboxylic acids is 2. The van der Waals surface area contributed by atoms with E-state index in [4.69, 9.17) is 4.74 Å². The molecular formula is C34H37N3O5S. The molecule has 224 valence electrons. The van der Waals surface area contributed by atoms with Crippen molar-refractivity contribution in [2.75, 3.05) is 25.0 Å². The molecule has 0 aliphatic carbocycles. The molecule has 1 N–H and O–H groups in total. The maximum absolute atomic E-state index is 14.4. The number of ether oxygens (including phenoxy) is 1. The fraction of sp³-hybridized carbons (Fsp3) is 0.235. The molecule has 0 unspecified atom stereocenters. The van der Waals surface area contributed by atoms with E-state index in [1.54, 1.807) is 36.4 Å². The number of benzene rings is 4. The third-order valence-corrected chi connectivity index (χ3v) is 9.16. The first-order valence-electron chi connectivity index (χ1n) is 14.0. The first-order chi connectivity index (χ1) is 20.6. The molecule has 0 radical (unpaired) electrons. The third-order valence-electron chi connectivity index (χ3n) is 7.37. The third kappa shape index (κ3) is 7.61. The minimum atomic E-state index is -4.18. The molecule has 0 aliphatic rings. The van der Waals surface area contributed by atoms with Crippen LogP contribution >= 0.6 is 0 Å². The standard InChI is InChI=1S/C34H37N3O5S/c1-25-14-16-29(17-15-25)37(43(40,41)31-20-18-30(42-4)19-21-31)24-33(38)36(23-28-13-9-8-10-26(28)2)32(34(39)35-3)22-27-11-6-5-7-12-27/h5-21,32H,22-24H2,1-4H3,(H,35,39)/t32-/m0/s1. The fourth-order valence-corrected chi connectivity index (χ4v) is 6.22. The van der Waals surface area contributed by atoms with Crippen molar-refractivity contribution in [3.63, 3.8) is 0 Å². The Balaban J connectivity index is 1.79. The molecular weight excluding hydrogens is 562 g/mol. The number of hydrogen-bond donors (Lipinski definition) is 1. The lowest BCUT2D eigenvalue weighted by Crippen LogP contribution is -2.53. The van der Waals surface area contributed by atoms with Crippen LogP contribution in [-0.2, 0) is 32.6 Å². The summed E-state index contributed by atoms with van der Waals surface area (Å²) in [7, 11) is -1.15. The Morgan fingerprint density at radius 1 is 0.837 bits per heavy atom. The molecule has 8 nitrogen and oxygen atoms in total. The lowest BCUT2D eigenvalue weighted by molar-refractivity contribution is -0.139. The molecule has 0 saturated heterocycles. The predicted octanol–water partition coefficient (Wildman–Crippen LogP) is 4.89. The summed E-state index contributed by atoms with van der Waals surface area (Å²) in [6.45, 7) is 3.46. The topological polar surface area (TPSA) is 96.0 Å². The van der Waals surface area contributed by atoms with Gasteiger partial charge in [0.1, 0.15) is 18.3 Å². The lowest BCUT2D eigenvalue weighted by atomic mass is 10.0. The Bertz CT molecular complexity index is 1640. The van der Waals surface area contributed by atoms with Crippen molar-refractivity contribution in [2.24, 2.45) is 0 Å². The van der Waals surface area contributed by atoms with Crippen LogP contribution in [0.1, 0.15) is 22.3 Å². The number of anilines is 1. The molecule has 9 heteroatoms. The van der Waals surface area contributed by atoms with Gasteiger partial charge in [-0.1, -0.05) is 72.3 Å². The van der Waals surface area contributed by atoms with E-state index in [2.05, 4.69) is 5.32 Å². The number of rotatable bonds is 12. The average Bonchev–Trinajstić information content (AvgIpc) is 3.02. The van der Waals surface area contributed by atoms with Crippen molar-refractivity contribution < 1.29 is 22.7 Å². The van der Waals surface area contributed by atoms with Crippen molar-refractivity contribution in [3.8, 4) is 5.75 Å². The van der Waals surface area contributed by atoms with Gasteiger partial charge in [0, 0.05) is 20.0 Å². The summed E-state index contributed by atoms with van der Waals surface area (Å²) in [4.78, 5) is 29.2. The van der Waals surface area contributed by atoms with Crippen LogP contribution in [0.5, 0.6) is 5.75 Å². The number of hydrogen-bond acceptors (Lipinski definition) is 5. The second-order valence-corrected chi connectivity index (χ2v) is 12.2. The highest BCUT2D eigenvalue weighted by Crippen LogP contribution is 2.27. The molecule has 2 amide bonds. The number of nitrogens with zero attached hydrogens (tertiary/aromatic N) is 2. The number of likely N-dealkylation sites (N-methyl/N-ethyl adjacent to an activating group) is 1. The molecule has 0 spiro atoms. The van der Waals surface area contributed by atoms with Crippen LogP contribution in [-0.4, -0.2) is 51.9 Å². The van der Waals surface area contributed by atoms with E-state index in [1.165, 1.54) is 31.2 Å². The van der Waals surface area contributed by atoms with Crippen LogP contribution in [0.25, 0.3) is 0 Å². The maximum Gasteiger partial charge on any atom is 0.264 e. The van der Waals surface area contributed by atoms with Crippen molar-refractivity contribution in [2.45, 2.75) is 37.8 Å². The largest absolute Gasteiger partial charge is 0.497 e. The second kappa shape index (κ2) is 14.0. The summed E-state index contributed by atoms with van der Waals surface area (Å²) < 4.78 is 34.5. The van der Waals surface area contributed by atoms with E-state index < -0.39 is 28.5 Å². The number of sulfonamides is 1. The summed E-state index contributed by atoms with van der Waals surface area (Å²) >= 11 is 0. The second-order valence-electron chi connectivity index (χ2n) is 10.3. The molecule has 43 heavy (non-hydrogen) atoms. The highest BCUT2D eigenvalue weighted by Gasteiger charge is 2.34. The summed E-state index contributed by atoms with van der Waals surface area (Å²) in [6, 6.07) is 29.2. The highest BCUT2D eigenvalue weighted by atomic mass is 32.2. The first kappa shape index (κ1) is 31.3. The average molecular weight is 600 g/mol. The van der Waals surface area contributed by atoms with Crippen molar-refractivity contribution in [1.82, 2.24) is 10.2 Å². The van der Waals surface area contributed by atoms with E-state index in [0.717, 1.165) is 26.6 Å². The number of carbonyl (C=O) groups is 2. The van der Waals surface area contributed by atoms with Gasteiger partial charge >= 0.3 is 0 Å². The molecule has 0 bridgehead atoms. The Labute approximate surface area is 254 Å². The predicted molar refractivity (Wildman–Crippen MR) is 168 cm³/mol. The van der Waals surface area contributed by atoms with Gasteiger partial charge in [-0.2, -0.15) is 0 Å². The lowest BCUT2D eigenvalue weighted by Gasteiger charge is -2.34. The van der Waals surface area contributed by atoms with Gasteiger partial charge in [0.25, 0.3) is 10.0 Å². The Morgan fingerprint density at radius 3 is 2.07 bits per heavy atom. The van der Waals surface area contributed by atoms with E-state index in [1.807, 2.05) is 68.4 Å². The van der Waals surface area contributed by atoms with Crippen LogP contribution in [0.2, 0.25) is 0 Å². The van der Waals surface area contributed by atoms with Gasteiger partial charge < -0.3 is 15.0 Å². The zero-order valence-corrected chi connectivity index (χ0v) is 25.7. The minimum Gasteiger partial charge on any atom is -0.497 e. The van der Waals surface area contributed by atoms with Gasteiger partial charge in [0.05, 0.1) is 17.7 Å². The molecule has 4 aromatic rings. The highest BCUT2D eigenvalue weighted by molar-refractivity contribution is 7.92. The molecule has 4 aromatic carbocycles. The summed E-state index contributed by atoms with van der Waals surface area (Å²) in [5, 5.41) is 2.70. The molecule has 1 atom stereocenters. The van der Waals surface area contributed by atoms with Gasteiger partial charge in [-0.15, -0.1) is 0 Å². The van der Waals surface area contributed by atoms with Gasteiger partial charge in [0.2, 0.25) is 11.8 Å².